The first kappa shape index (κ1) is 14.9. The number of aromatic nitrogens is 2. The minimum Gasteiger partial charge on any atom is -0.408 e. The molecule has 8 heteroatoms. The molecule has 0 aliphatic heterocycles. The molecule has 2 N–H and O–H groups in total. The Morgan fingerprint density at radius 3 is 2.48 bits per heavy atom. The number of benzene rings is 1. The summed E-state index contributed by atoms with van der Waals surface area (Å²) in [6, 6.07) is 1.76. The molecule has 2 aromatic rings. The molecule has 0 saturated carbocycles. The molecule has 21 heavy (non-hydrogen) atoms. The van der Waals surface area contributed by atoms with Crippen molar-refractivity contribution in [2.75, 3.05) is 17.2 Å². The number of carbonyl (C=O) groups is 1. The monoisotopic (exact) mass is 296 g/mol. The van der Waals surface area contributed by atoms with E-state index in [-0.39, 0.29) is 23.2 Å². The zero-order valence-electron chi connectivity index (χ0n) is 11.5. The number of aryl methyl sites for hydroxylation is 1. The maximum Gasteiger partial charge on any atom is 0.322 e. The summed E-state index contributed by atoms with van der Waals surface area (Å²) in [4.78, 5) is 11.9. The summed E-state index contributed by atoms with van der Waals surface area (Å²) in [6.45, 7) is 3.85. The van der Waals surface area contributed by atoms with Crippen molar-refractivity contribution in [3.8, 4) is 0 Å². The van der Waals surface area contributed by atoms with Crippen molar-refractivity contribution in [2.45, 2.75) is 20.3 Å². The Labute approximate surface area is 119 Å². The van der Waals surface area contributed by atoms with E-state index in [9.17, 15) is 13.6 Å². The van der Waals surface area contributed by atoms with Gasteiger partial charge in [0.2, 0.25) is 5.89 Å². The Bertz CT molecular complexity index is 634. The summed E-state index contributed by atoms with van der Waals surface area (Å²) >= 11 is 0. The van der Waals surface area contributed by atoms with E-state index in [0.717, 1.165) is 18.6 Å². The van der Waals surface area contributed by atoms with Crippen LogP contribution in [0.1, 0.15) is 29.6 Å². The number of hydrogen-bond donors (Lipinski definition) is 2. The highest BCUT2D eigenvalue weighted by atomic mass is 19.1. The quantitative estimate of drug-likeness (QED) is 0.886. The fourth-order valence-electron chi connectivity index (χ4n) is 1.64. The molecule has 2 rings (SSSR count). The molecule has 1 heterocycles. The van der Waals surface area contributed by atoms with Gasteiger partial charge in [-0.15, -0.1) is 5.10 Å². The standard InChI is InChI=1S/C13H14F2N4O2/c1-3-4-16-11-9(14)5-8(6-10(11)15)12(20)17-13-19-18-7(2)21-13/h5-6,16H,3-4H2,1-2H3,(H,17,19,20). The fraction of sp³-hybridized carbons (Fsp3) is 0.308. The molecule has 6 nitrogen and oxygen atoms in total. The van der Waals surface area contributed by atoms with Gasteiger partial charge in [-0.3, -0.25) is 10.1 Å². The summed E-state index contributed by atoms with van der Waals surface area (Å²) in [5.41, 5.74) is -0.426. The van der Waals surface area contributed by atoms with Gasteiger partial charge in [0.05, 0.1) is 0 Å². The molecule has 0 aliphatic carbocycles. The number of rotatable bonds is 5. The highest BCUT2D eigenvalue weighted by Gasteiger charge is 2.16. The summed E-state index contributed by atoms with van der Waals surface area (Å²) in [5.74, 6) is -2.15. The van der Waals surface area contributed by atoms with Crippen molar-refractivity contribution in [1.29, 1.82) is 0 Å². The van der Waals surface area contributed by atoms with Gasteiger partial charge in [0.25, 0.3) is 5.91 Å². The number of carbonyl (C=O) groups excluding carboxylic acids is 1. The van der Waals surface area contributed by atoms with Crippen LogP contribution >= 0.6 is 0 Å². The maximum absolute atomic E-state index is 13.8. The Morgan fingerprint density at radius 1 is 1.29 bits per heavy atom. The predicted octanol–water partition coefficient (Wildman–Crippen LogP) is 2.73. The van der Waals surface area contributed by atoms with E-state index in [2.05, 4.69) is 20.8 Å². The SMILES string of the molecule is CCCNc1c(F)cc(C(=O)Nc2nnc(C)o2)cc1F. The molecule has 0 aliphatic rings. The molecule has 0 atom stereocenters. The van der Waals surface area contributed by atoms with Crippen LogP contribution in [-0.2, 0) is 0 Å². The van der Waals surface area contributed by atoms with Crippen LogP contribution in [0.2, 0.25) is 0 Å². The third-order valence-corrected chi connectivity index (χ3v) is 2.60. The second-order valence-electron chi connectivity index (χ2n) is 4.32. The van der Waals surface area contributed by atoms with Crippen molar-refractivity contribution < 1.29 is 18.0 Å². The Hall–Kier alpha value is -2.51. The molecule has 0 fully saturated rings. The molecule has 112 valence electrons. The number of amides is 1. The van der Waals surface area contributed by atoms with E-state index in [1.165, 1.54) is 0 Å². The van der Waals surface area contributed by atoms with Crippen molar-refractivity contribution >= 4 is 17.6 Å². The predicted molar refractivity (Wildman–Crippen MR) is 72.1 cm³/mol. The van der Waals surface area contributed by atoms with E-state index < -0.39 is 17.5 Å². The van der Waals surface area contributed by atoms with Crippen LogP contribution in [0.3, 0.4) is 0 Å². The van der Waals surface area contributed by atoms with Gasteiger partial charge in [0, 0.05) is 19.0 Å². The lowest BCUT2D eigenvalue weighted by Gasteiger charge is -2.09. The smallest absolute Gasteiger partial charge is 0.322 e. The van der Waals surface area contributed by atoms with Gasteiger partial charge in [-0.05, 0) is 18.6 Å². The zero-order valence-corrected chi connectivity index (χ0v) is 11.5. The van der Waals surface area contributed by atoms with Crippen LogP contribution < -0.4 is 10.6 Å². The summed E-state index contributed by atoms with van der Waals surface area (Å²) in [6.07, 6.45) is 0.720. The number of hydrogen-bond acceptors (Lipinski definition) is 5. The van der Waals surface area contributed by atoms with Gasteiger partial charge in [-0.25, -0.2) is 8.78 Å². The van der Waals surface area contributed by atoms with Gasteiger partial charge < -0.3 is 9.73 Å². The number of anilines is 2. The Balaban J connectivity index is 2.18. The van der Waals surface area contributed by atoms with Crippen molar-refractivity contribution in [2.24, 2.45) is 0 Å². The lowest BCUT2D eigenvalue weighted by atomic mass is 10.1. The minimum atomic E-state index is -0.838. The summed E-state index contributed by atoms with van der Waals surface area (Å²) in [5, 5.41) is 12.0. The minimum absolute atomic E-state index is 0.133. The van der Waals surface area contributed by atoms with Crippen LogP contribution in [0, 0.1) is 18.6 Å². The molecule has 1 aromatic heterocycles. The topological polar surface area (TPSA) is 80.0 Å². The van der Waals surface area contributed by atoms with Gasteiger partial charge in [-0.2, -0.15) is 0 Å². The van der Waals surface area contributed by atoms with E-state index >= 15 is 0 Å². The molecule has 0 bridgehead atoms. The zero-order chi connectivity index (χ0) is 15.4. The first-order chi connectivity index (χ1) is 10.0. The first-order valence-corrected chi connectivity index (χ1v) is 6.35. The van der Waals surface area contributed by atoms with Crippen LogP contribution in [-0.4, -0.2) is 22.6 Å². The van der Waals surface area contributed by atoms with Crippen molar-refractivity contribution in [3.05, 3.63) is 35.2 Å². The van der Waals surface area contributed by atoms with Crippen LogP contribution in [0.25, 0.3) is 0 Å². The van der Waals surface area contributed by atoms with Gasteiger partial charge in [-0.1, -0.05) is 12.0 Å². The molecule has 0 radical (unpaired) electrons. The van der Waals surface area contributed by atoms with Crippen molar-refractivity contribution in [1.82, 2.24) is 10.2 Å². The highest BCUT2D eigenvalue weighted by molar-refractivity contribution is 6.03. The van der Waals surface area contributed by atoms with E-state index in [1.54, 1.807) is 6.92 Å². The summed E-state index contributed by atoms with van der Waals surface area (Å²) in [7, 11) is 0. The average Bonchev–Trinajstić information content (AvgIpc) is 2.83. The van der Waals surface area contributed by atoms with Crippen LogP contribution in [0.15, 0.2) is 16.5 Å². The molecular formula is C13H14F2N4O2. The molecule has 0 spiro atoms. The van der Waals surface area contributed by atoms with E-state index in [0.29, 0.717) is 6.54 Å². The molecule has 0 saturated heterocycles. The van der Waals surface area contributed by atoms with Gasteiger partial charge in [0.1, 0.15) is 17.3 Å². The molecular weight excluding hydrogens is 282 g/mol. The second kappa shape index (κ2) is 6.29. The fourth-order valence-corrected chi connectivity index (χ4v) is 1.64. The number of nitrogens with one attached hydrogen (secondary N) is 2. The maximum atomic E-state index is 13.8. The third-order valence-electron chi connectivity index (χ3n) is 2.60. The molecule has 1 aromatic carbocycles. The normalized spacial score (nSPS) is 10.5. The third kappa shape index (κ3) is 3.53. The highest BCUT2D eigenvalue weighted by Crippen LogP contribution is 2.21. The summed E-state index contributed by atoms with van der Waals surface area (Å²) < 4.78 is 32.6. The van der Waals surface area contributed by atoms with E-state index in [1.807, 2.05) is 6.92 Å². The van der Waals surface area contributed by atoms with Crippen LogP contribution in [0.5, 0.6) is 0 Å². The van der Waals surface area contributed by atoms with Gasteiger partial charge >= 0.3 is 6.01 Å². The lowest BCUT2D eigenvalue weighted by molar-refractivity contribution is 0.102. The van der Waals surface area contributed by atoms with Gasteiger partial charge in [0.15, 0.2) is 0 Å². The molecule has 0 unspecified atom stereocenters. The Kier molecular flexibility index (Phi) is 4.46. The van der Waals surface area contributed by atoms with Crippen molar-refractivity contribution in [3.63, 3.8) is 0 Å². The molecule has 1 amide bonds. The first-order valence-electron chi connectivity index (χ1n) is 6.35. The van der Waals surface area contributed by atoms with Crippen LogP contribution in [0.4, 0.5) is 20.5 Å². The lowest BCUT2D eigenvalue weighted by Crippen LogP contribution is -2.14. The number of halogens is 2. The number of nitrogens with zero attached hydrogens (tertiary/aromatic N) is 2. The van der Waals surface area contributed by atoms with E-state index in [4.69, 9.17) is 4.42 Å². The second-order valence-corrected chi connectivity index (χ2v) is 4.32. The largest absolute Gasteiger partial charge is 0.408 e. The Morgan fingerprint density at radius 2 is 1.95 bits per heavy atom. The average molecular weight is 296 g/mol.